The molecule has 0 aliphatic rings. The molecule has 0 amide bonds. The summed E-state index contributed by atoms with van der Waals surface area (Å²) < 4.78 is 13.3. The molecule has 80 valence electrons. The molecule has 0 bridgehead atoms. The van der Waals surface area contributed by atoms with Crippen LogP contribution in [0.4, 0.5) is 10.1 Å². The van der Waals surface area contributed by atoms with Crippen molar-refractivity contribution >= 4 is 5.69 Å². The Hall–Kier alpha value is -1.64. The summed E-state index contributed by atoms with van der Waals surface area (Å²) in [7, 11) is 0. The number of hydrogen-bond donors (Lipinski definition) is 3. The van der Waals surface area contributed by atoms with Gasteiger partial charge >= 0.3 is 0 Å². The highest BCUT2D eigenvalue weighted by Crippen LogP contribution is 2.24. The Morgan fingerprint density at radius 2 is 2.07 bits per heavy atom. The Balaban J connectivity index is 3.16. The first kappa shape index (κ1) is 11.4. The van der Waals surface area contributed by atoms with E-state index < -0.39 is 18.0 Å². The normalized spacial score (nSPS) is 14.3. The Morgan fingerprint density at radius 3 is 2.60 bits per heavy atom. The Kier molecular flexibility index (Phi) is 3.24. The molecule has 0 heterocycles. The molecule has 4 N–H and O–H groups in total. The van der Waals surface area contributed by atoms with Crippen molar-refractivity contribution in [2.24, 2.45) is 0 Å². The summed E-state index contributed by atoms with van der Waals surface area (Å²) in [6.45, 7) is 1.64. The molecular formula is C10H11FN2O2. The summed E-state index contributed by atoms with van der Waals surface area (Å²) >= 11 is 0. The minimum Gasteiger partial charge on any atom is -0.398 e. The van der Waals surface area contributed by atoms with E-state index >= 15 is 0 Å². The first-order valence-corrected chi connectivity index (χ1v) is 4.28. The maximum absolute atomic E-state index is 13.3. The van der Waals surface area contributed by atoms with Gasteiger partial charge in [0, 0.05) is 11.3 Å². The number of nitrogens with two attached hydrogens (primary N) is 1. The fourth-order valence-corrected chi connectivity index (χ4v) is 1.19. The number of aliphatic hydroxyl groups excluding tert-OH is 2. The number of aliphatic hydroxyl groups is 2. The number of nitrogen functional groups attached to an aromatic ring is 1. The Labute approximate surface area is 86.4 Å². The molecule has 1 aromatic carbocycles. The highest BCUT2D eigenvalue weighted by atomic mass is 19.1. The molecule has 0 saturated carbocycles. The molecule has 1 rings (SSSR count). The van der Waals surface area contributed by atoms with Crippen LogP contribution in [0, 0.1) is 24.1 Å². The van der Waals surface area contributed by atoms with Crippen LogP contribution in [-0.4, -0.2) is 16.3 Å². The van der Waals surface area contributed by atoms with Crippen molar-refractivity contribution in [2.75, 3.05) is 5.73 Å². The Bertz CT molecular complexity index is 415. The van der Waals surface area contributed by atoms with E-state index in [0.29, 0.717) is 5.56 Å². The largest absolute Gasteiger partial charge is 0.398 e. The van der Waals surface area contributed by atoms with Gasteiger partial charge in [-0.2, -0.15) is 5.26 Å². The highest BCUT2D eigenvalue weighted by molar-refractivity contribution is 5.49. The number of benzene rings is 1. The smallest absolute Gasteiger partial charge is 0.170 e. The molecule has 15 heavy (non-hydrogen) atoms. The average Bonchev–Trinajstić information content (AvgIpc) is 2.21. The van der Waals surface area contributed by atoms with Gasteiger partial charge in [0.2, 0.25) is 0 Å². The van der Waals surface area contributed by atoms with Crippen molar-refractivity contribution in [3.05, 3.63) is 29.1 Å². The molecular weight excluding hydrogens is 199 g/mol. The van der Waals surface area contributed by atoms with Gasteiger partial charge in [0.05, 0.1) is 6.07 Å². The third-order valence-electron chi connectivity index (χ3n) is 2.14. The van der Waals surface area contributed by atoms with Crippen LogP contribution in [-0.2, 0) is 0 Å². The number of aryl methyl sites for hydroxylation is 1. The van der Waals surface area contributed by atoms with Crippen molar-refractivity contribution in [2.45, 2.75) is 19.1 Å². The maximum Gasteiger partial charge on any atom is 0.170 e. The highest BCUT2D eigenvalue weighted by Gasteiger charge is 2.21. The molecule has 1 aromatic rings. The lowest BCUT2D eigenvalue weighted by Crippen LogP contribution is -2.17. The van der Waals surface area contributed by atoms with E-state index in [0.717, 1.165) is 6.07 Å². The maximum atomic E-state index is 13.3. The fourth-order valence-electron chi connectivity index (χ4n) is 1.19. The van der Waals surface area contributed by atoms with Crippen molar-refractivity contribution in [3.8, 4) is 6.07 Å². The van der Waals surface area contributed by atoms with E-state index in [-0.39, 0.29) is 11.3 Å². The third-order valence-corrected chi connectivity index (χ3v) is 2.14. The summed E-state index contributed by atoms with van der Waals surface area (Å²) in [5, 5.41) is 26.9. The molecule has 5 heteroatoms. The monoisotopic (exact) mass is 210 g/mol. The zero-order chi connectivity index (χ0) is 11.6. The van der Waals surface area contributed by atoms with Gasteiger partial charge in [-0.25, -0.2) is 4.39 Å². The number of nitriles is 1. The summed E-state index contributed by atoms with van der Waals surface area (Å²) in [5.74, 6) is -0.736. The van der Waals surface area contributed by atoms with E-state index in [1.165, 1.54) is 12.1 Å². The van der Waals surface area contributed by atoms with Gasteiger partial charge in [-0.05, 0) is 24.6 Å². The summed E-state index contributed by atoms with van der Waals surface area (Å²) in [5.41, 5.74) is 6.16. The van der Waals surface area contributed by atoms with Gasteiger partial charge in [0.1, 0.15) is 11.9 Å². The molecule has 0 aliphatic carbocycles. The van der Waals surface area contributed by atoms with Crippen LogP contribution in [0.2, 0.25) is 0 Å². The predicted molar refractivity (Wildman–Crippen MR) is 52.1 cm³/mol. The van der Waals surface area contributed by atoms with Crippen LogP contribution in [0.3, 0.4) is 0 Å². The first-order valence-electron chi connectivity index (χ1n) is 4.28. The van der Waals surface area contributed by atoms with Crippen molar-refractivity contribution in [1.82, 2.24) is 0 Å². The van der Waals surface area contributed by atoms with E-state index in [4.69, 9.17) is 16.1 Å². The summed E-state index contributed by atoms with van der Waals surface area (Å²) in [6.07, 6.45) is -3.21. The Morgan fingerprint density at radius 1 is 1.47 bits per heavy atom. The number of rotatable bonds is 2. The molecule has 2 unspecified atom stereocenters. The van der Waals surface area contributed by atoms with Gasteiger partial charge in [0.25, 0.3) is 0 Å². The fraction of sp³-hybridized carbons (Fsp3) is 0.300. The zero-order valence-corrected chi connectivity index (χ0v) is 8.11. The van der Waals surface area contributed by atoms with Crippen molar-refractivity contribution in [1.29, 1.82) is 5.26 Å². The molecule has 0 aliphatic heterocycles. The topological polar surface area (TPSA) is 90.3 Å². The number of hydrogen-bond acceptors (Lipinski definition) is 4. The van der Waals surface area contributed by atoms with Crippen molar-refractivity contribution < 1.29 is 14.6 Å². The minimum atomic E-state index is -1.65. The van der Waals surface area contributed by atoms with Crippen LogP contribution >= 0.6 is 0 Å². The van der Waals surface area contributed by atoms with E-state index in [1.807, 2.05) is 0 Å². The molecule has 0 aromatic heterocycles. The van der Waals surface area contributed by atoms with Gasteiger partial charge in [-0.3, -0.25) is 0 Å². The number of anilines is 1. The standard InChI is InChI=1S/C10H11FN2O2/c1-5-2-6(7(11)3-8(5)13)10(15)9(14)4-12/h2-3,9-10,14-15H,13H2,1H3. The molecule has 2 atom stereocenters. The van der Waals surface area contributed by atoms with Crippen LogP contribution in [0.5, 0.6) is 0 Å². The van der Waals surface area contributed by atoms with Gasteiger partial charge < -0.3 is 15.9 Å². The lowest BCUT2D eigenvalue weighted by Gasteiger charge is -2.14. The third kappa shape index (κ3) is 2.24. The number of halogens is 1. The lowest BCUT2D eigenvalue weighted by molar-refractivity contribution is 0.0503. The summed E-state index contributed by atoms with van der Waals surface area (Å²) in [4.78, 5) is 0. The van der Waals surface area contributed by atoms with Gasteiger partial charge in [-0.1, -0.05) is 0 Å². The van der Waals surface area contributed by atoms with E-state index in [2.05, 4.69) is 0 Å². The number of nitrogens with zero attached hydrogens (tertiary/aromatic N) is 1. The van der Waals surface area contributed by atoms with Crippen LogP contribution in [0.1, 0.15) is 17.2 Å². The minimum absolute atomic E-state index is 0.129. The van der Waals surface area contributed by atoms with Gasteiger partial charge in [0.15, 0.2) is 6.10 Å². The second kappa shape index (κ2) is 4.26. The molecule has 0 fully saturated rings. The van der Waals surface area contributed by atoms with Crippen LogP contribution in [0.15, 0.2) is 12.1 Å². The van der Waals surface area contributed by atoms with Crippen molar-refractivity contribution in [3.63, 3.8) is 0 Å². The lowest BCUT2D eigenvalue weighted by atomic mass is 10.0. The second-order valence-electron chi connectivity index (χ2n) is 3.25. The van der Waals surface area contributed by atoms with Crippen LogP contribution in [0.25, 0.3) is 0 Å². The predicted octanol–water partition coefficient (Wildman–Crippen LogP) is 0.634. The first-order chi connectivity index (χ1) is 6.97. The van der Waals surface area contributed by atoms with E-state index in [9.17, 15) is 9.50 Å². The molecule has 4 nitrogen and oxygen atoms in total. The van der Waals surface area contributed by atoms with Crippen LogP contribution < -0.4 is 5.73 Å². The molecule has 0 radical (unpaired) electrons. The SMILES string of the molecule is Cc1cc(C(O)C(O)C#N)c(F)cc1N. The van der Waals surface area contributed by atoms with Gasteiger partial charge in [-0.15, -0.1) is 0 Å². The molecule has 0 spiro atoms. The second-order valence-corrected chi connectivity index (χ2v) is 3.25. The quantitative estimate of drug-likeness (QED) is 0.493. The molecule has 0 saturated heterocycles. The average molecular weight is 210 g/mol. The zero-order valence-electron chi connectivity index (χ0n) is 8.11. The van der Waals surface area contributed by atoms with E-state index in [1.54, 1.807) is 6.92 Å². The summed E-state index contributed by atoms with van der Waals surface area (Å²) in [6, 6.07) is 3.80.